The molecule has 7 heteroatoms. The Hall–Kier alpha value is -2.44. The van der Waals surface area contributed by atoms with Crippen molar-refractivity contribution in [3.05, 3.63) is 79.8 Å². The predicted octanol–water partition coefficient (Wildman–Crippen LogP) is 2.77. The summed E-state index contributed by atoms with van der Waals surface area (Å²) < 4.78 is 3.45. The van der Waals surface area contributed by atoms with Crippen molar-refractivity contribution in [3.63, 3.8) is 0 Å². The number of nitrogens with zero attached hydrogens (tertiary/aromatic N) is 3. The Morgan fingerprint density at radius 3 is 2.57 bits per heavy atom. The van der Waals surface area contributed by atoms with Gasteiger partial charge in [-0.05, 0) is 23.8 Å². The number of halogens is 1. The second-order valence-corrected chi connectivity index (χ2v) is 6.46. The summed E-state index contributed by atoms with van der Waals surface area (Å²) in [7, 11) is 0. The van der Waals surface area contributed by atoms with Gasteiger partial charge in [0.05, 0.1) is 16.8 Å². The first kappa shape index (κ1) is 14.2. The molecule has 0 aliphatic carbocycles. The molecular formula is C16H10ClN3O2S. The van der Waals surface area contributed by atoms with Gasteiger partial charge in [-0.15, -0.1) is 5.10 Å². The van der Waals surface area contributed by atoms with Crippen molar-refractivity contribution in [1.29, 1.82) is 0 Å². The summed E-state index contributed by atoms with van der Waals surface area (Å²) >= 11 is 7.50. The molecule has 4 aromatic rings. The molecule has 0 unspecified atom stereocenters. The standard InChI is InChI=1S/C16H10ClN3O2S/c17-11-6-2-1-5-10(11)9-19-14(21)15(22)20-12-7-3-4-8-13(12)23-16(20)18-19/h1-8H,9H2. The molecule has 0 aliphatic heterocycles. The van der Waals surface area contributed by atoms with Crippen LogP contribution in [0.25, 0.3) is 15.2 Å². The average molecular weight is 344 g/mol. The van der Waals surface area contributed by atoms with Crippen molar-refractivity contribution in [2.45, 2.75) is 6.54 Å². The van der Waals surface area contributed by atoms with Crippen molar-refractivity contribution in [2.75, 3.05) is 0 Å². The highest BCUT2D eigenvalue weighted by atomic mass is 35.5. The molecule has 0 amide bonds. The van der Waals surface area contributed by atoms with Crippen LogP contribution in [0.15, 0.2) is 58.1 Å². The molecule has 5 nitrogen and oxygen atoms in total. The Bertz CT molecular complexity index is 1160. The Kier molecular flexibility index (Phi) is 3.28. The molecule has 0 N–H and O–H groups in total. The van der Waals surface area contributed by atoms with Crippen LogP contribution in [-0.2, 0) is 6.54 Å². The lowest BCUT2D eigenvalue weighted by atomic mass is 10.2. The number of thiazole rings is 1. The van der Waals surface area contributed by atoms with E-state index in [2.05, 4.69) is 5.10 Å². The van der Waals surface area contributed by atoms with Gasteiger partial charge in [-0.3, -0.25) is 9.59 Å². The fourth-order valence-corrected chi connectivity index (χ4v) is 3.70. The van der Waals surface area contributed by atoms with Gasteiger partial charge < -0.3 is 0 Å². The molecule has 2 heterocycles. The Balaban J connectivity index is 1.97. The van der Waals surface area contributed by atoms with E-state index in [-0.39, 0.29) is 6.54 Å². The quantitative estimate of drug-likeness (QED) is 0.526. The van der Waals surface area contributed by atoms with Crippen molar-refractivity contribution >= 4 is 38.1 Å². The van der Waals surface area contributed by atoms with Gasteiger partial charge in [0.1, 0.15) is 0 Å². The molecule has 2 aromatic heterocycles. The van der Waals surface area contributed by atoms with E-state index in [1.807, 2.05) is 36.4 Å². The zero-order valence-corrected chi connectivity index (χ0v) is 13.3. The highest BCUT2D eigenvalue weighted by Gasteiger charge is 2.13. The second kappa shape index (κ2) is 5.33. The molecule has 0 atom stereocenters. The third-order valence-electron chi connectivity index (χ3n) is 3.60. The molecule has 0 bridgehead atoms. The summed E-state index contributed by atoms with van der Waals surface area (Å²) in [5, 5.41) is 4.88. The maximum atomic E-state index is 12.5. The molecule has 2 aromatic carbocycles. The van der Waals surface area contributed by atoms with Crippen LogP contribution in [-0.4, -0.2) is 14.2 Å². The number of hydrogen-bond donors (Lipinski definition) is 0. The van der Waals surface area contributed by atoms with Crippen LogP contribution >= 0.6 is 22.9 Å². The third kappa shape index (κ3) is 2.27. The van der Waals surface area contributed by atoms with Gasteiger partial charge in [0.2, 0.25) is 4.96 Å². The lowest BCUT2D eigenvalue weighted by Gasteiger charge is -2.06. The van der Waals surface area contributed by atoms with Crippen LogP contribution in [0.1, 0.15) is 5.56 Å². The van der Waals surface area contributed by atoms with Crippen molar-refractivity contribution < 1.29 is 0 Å². The number of benzene rings is 2. The summed E-state index contributed by atoms with van der Waals surface area (Å²) in [5.41, 5.74) is 0.186. The zero-order valence-electron chi connectivity index (χ0n) is 11.8. The van der Waals surface area contributed by atoms with Crippen molar-refractivity contribution in [1.82, 2.24) is 14.2 Å². The minimum atomic E-state index is -0.661. The van der Waals surface area contributed by atoms with E-state index >= 15 is 0 Å². The van der Waals surface area contributed by atoms with E-state index < -0.39 is 11.1 Å². The first-order chi connectivity index (χ1) is 11.1. The number of fused-ring (bicyclic) bond motifs is 3. The van der Waals surface area contributed by atoms with Gasteiger partial charge in [0.15, 0.2) is 0 Å². The summed E-state index contributed by atoms with van der Waals surface area (Å²) in [4.78, 5) is 25.3. The SMILES string of the molecule is O=c1c(=O)n2c(nn1Cc1ccccc1Cl)sc1ccccc12. The molecule has 0 saturated heterocycles. The molecule has 0 spiro atoms. The second-order valence-electron chi connectivity index (χ2n) is 5.05. The Morgan fingerprint density at radius 1 is 1.00 bits per heavy atom. The normalized spacial score (nSPS) is 11.3. The zero-order chi connectivity index (χ0) is 16.0. The molecule has 0 radical (unpaired) electrons. The van der Waals surface area contributed by atoms with E-state index in [9.17, 15) is 9.59 Å². The largest absolute Gasteiger partial charge is 0.333 e. The summed E-state index contributed by atoms with van der Waals surface area (Å²) in [5.74, 6) is 0. The minimum Gasteiger partial charge on any atom is -0.262 e. The topological polar surface area (TPSA) is 56.4 Å². The van der Waals surface area contributed by atoms with E-state index in [0.29, 0.717) is 15.5 Å². The van der Waals surface area contributed by atoms with Crippen LogP contribution in [0.5, 0.6) is 0 Å². The van der Waals surface area contributed by atoms with Crippen LogP contribution in [0, 0.1) is 0 Å². The van der Waals surface area contributed by atoms with Gasteiger partial charge in [0.25, 0.3) is 0 Å². The predicted molar refractivity (Wildman–Crippen MR) is 91.7 cm³/mol. The van der Waals surface area contributed by atoms with E-state index in [1.165, 1.54) is 20.4 Å². The lowest BCUT2D eigenvalue weighted by Crippen LogP contribution is -2.40. The molecular weight excluding hydrogens is 334 g/mol. The van der Waals surface area contributed by atoms with Crippen LogP contribution in [0.2, 0.25) is 5.02 Å². The highest BCUT2D eigenvalue weighted by molar-refractivity contribution is 7.23. The fraction of sp³-hybridized carbons (Fsp3) is 0.0625. The van der Waals surface area contributed by atoms with Gasteiger partial charge in [0, 0.05) is 5.02 Å². The number of aromatic nitrogens is 3. The fourth-order valence-electron chi connectivity index (χ4n) is 2.49. The summed E-state index contributed by atoms with van der Waals surface area (Å²) in [6, 6.07) is 14.6. The van der Waals surface area contributed by atoms with E-state index in [4.69, 9.17) is 11.6 Å². The van der Waals surface area contributed by atoms with Gasteiger partial charge in [-0.2, -0.15) is 0 Å². The van der Waals surface area contributed by atoms with Gasteiger partial charge in [-0.25, -0.2) is 9.08 Å². The molecule has 0 fully saturated rings. The van der Waals surface area contributed by atoms with Crippen molar-refractivity contribution in [2.24, 2.45) is 0 Å². The number of rotatable bonds is 2. The molecule has 0 aliphatic rings. The summed E-state index contributed by atoms with van der Waals surface area (Å²) in [6.45, 7) is 0.165. The number of hydrogen-bond acceptors (Lipinski definition) is 4. The molecule has 4 rings (SSSR count). The van der Waals surface area contributed by atoms with Crippen LogP contribution in [0.3, 0.4) is 0 Å². The van der Waals surface area contributed by atoms with E-state index in [0.717, 1.165) is 10.3 Å². The average Bonchev–Trinajstić information content (AvgIpc) is 2.92. The van der Waals surface area contributed by atoms with Gasteiger partial charge >= 0.3 is 11.1 Å². The van der Waals surface area contributed by atoms with Gasteiger partial charge in [-0.1, -0.05) is 53.3 Å². The highest BCUT2D eigenvalue weighted by Crippen LogP contribution is 2.22. The minimum absolute atomic E-state index is 0.165. The first-order valence-electron chi connectivity index (χ1n) is 6.90. The maximum Gasteiger partial charge on any atom is 0.333 e. The Morgan fingerprint density at radius 2 is 1.74 bits per heavy atom. The van der Waals surface area contributed by atoms with Crippen molar-refractivity contribution in [3.8, 4) is 0 Å². The maximum absolute atomic E-state index is 12.5. The molecule has 114 valence electrons. The number of para-hydroxylation sites is 1. The smallest absolute Gasteiger partial charge is 0.262 e. The lowest BCUT2D eigenvalue weighted by molar-refractivity contribution is 0.631. The molecule has 23 heavy (non-hydrogen) atoms. The van der Waals surface area contributed by atoms with E-state index in [1.54, 1.807) is 12.1 Å². The third-order valence-corrected chi connectivity index (χ3v) is 4.98. The monoisotopic (exact) mass is 343 g/mol. The van der Waals surface area contributed by atoms with Crippen LogP contribution < -0.4 is 11.1 Å². The van der Waals surface area contributed by atoms with Crippen LogP contribution in [0.4, 0.5) is 0 Å². The summed E-state index contributed by atoms with van der Waals surface area (Å²) in [6.07, 6.45) is 0. The Labute approximate surface area is 139 Å². The first-order valence-corrected chi connectivity index (χ1v) is 8.09. The molecule has 0 saturated carbocycles.